The van der Waals surface area contributed by atoms with Crippen molar-refractivity contribution in [3.05, 3.63) is 65.9 Å². The number of alkyl halides is 3. The Morgan fingerprint density at radius 2 is 1.94 bits per heavy atom. The molecule has 2 fully saturated rings. The van der Waals surface area contributed by atoms with Crippen LogP contribution in [0.2, 0.25) is 0 Å². The van der Waals surface area contributed by atoms with Gasteiger partial charge in [0, 0.05) is 31.0 Å². The number of rotatable bonds is 5. The second-order valence-electron chi connectivity index (χ2n) is 8.84. The molecule has 4 heterocycles. The van der Waals surface area contributed by atoms with Gasteiger partial charge in [-0.3, -0.25) is 4.79 Å². The van der Waals surface area contributed by atoms with Gasteiger partial charge in [0.2, 0.25) is 5.95 Å². The molecule has 0 bridgehead atoms. The van der Waals surface area contributed by atoms with Crippen LogP contribution in [0.15, 0.2) is 43.0 Å². The van der Waals surface area contributed by atoms with Crippen molar-refractivity contribution in [2.45, 2.75) is 39.4 Å². The van der Waals surface area contributed by atoms with Crippen molar-refractivity contribution in [1.29, 1.82) is 0 Å². The molecule has 7 nitrogen and oxygen atoms in total. The fraction of sp³-hybridized carbons (Fsp3) is 0.417. The highest BCUT2D eigenvalue weighted by Gasteiger charge is 2.47. The minimum Gasteiger partial charge on any atom is -0.368 e. The summed E-state index contributed by atoms with van der Waals surface area (Å²) in [5, 5.41) is 3.07. The van der Waals surface area contributed by atoms with Gasteiger partial charge in [0.25, 0.3) is 5.91 Å². The molecule has 186 valence electrons. The third-order valence-corrected chi connectivity index (χ3v) is 6.43. The van der Waals surface area contributed by atoms with E-state index < -0.39 is 17.7 Å². The first-order valence-corrected chi connectivity index (χ1v) is 10.9. The number of likely N-dealkylation sites (tertiary alicyclic amines) is 1. The van der Waals surface area contributed by atoms with Crippen molar-refractivity contribution in [1.82, 2.24) is 24.4 Å². The highest BCUT2D eigenvalue weighted by atomic mass is 19.4. The third-order valence-electron chi connectivity index (χ3n) is 6.43. The molecule has 0 radical (unpaired) electrons. The summed E-state index contributed by atoms with van der Waals surface area (Å²) in [5.41, 5.74) is 0.468. The normalized spacial score (nSPS) is 21.2. The van der Waals surface area contributed by atoms with Crippen molar-refractivity contribution in [3.8, 4) is 5.69 Å². The van der Waals surface area contributed by atoms with E-state index in [0.717, 1.165) is 25.1 Å². The fourth-order valence-electron chi connectivity index (χ4n) is 4.51. The largest absolute Gasteiger partial charge is 0.417 e. The van der Waals surface area contributed by atoms with Crippen molar-refractivity contribution in [2.75, 3.05) is 18.4 Å². The number of carbonyl (C=O) groups is 1. The molecule has 3 atom stereocenters. The highest BCUT2D eigenvalue weighted by Crippen LogP contribution is 2.47. The maximum Gasteiger partial charge on any atom is 0.417 e. The van der Waals surface area contributed by atoms with Gasteiger partial charge >= 0.3 is 6.18 Å². The van der Waals surface area contributed by atoms with Crippen LogP contribution in [0, 0.1) is 24.7 Å². The van der Waals surface area contributed by atoms with Crippen LogP contribution in [0.1, 0.15) is 42.0 Å². The number of fused-ring (bicyclic) bond motifs is 1. The van der Waals surface area contributed by atoms with E-state index in [2.05, 4.69) is 20.3 Å². The van der Waals surface area contributed by atoms with Gasteiger partial charge in [-0.1, -0.05) is 7.43 Å². The molecule has 1 saturated heterocycles. The summed E-state index contributed by atoms with van der Waals surface area (Å²) in [6, 6.07) is 5.52. The second kappa shape index (κ2) is 9.27. The van der Waals surface area contributed by atoms with E-state index in [9.17, 15) is 22.4 Å². The van der Waals surface area contributed by atoms with Gasteiger partial charge in [-0.2, -0.15) is 17.6 Å². The van der Waals surface area contributed by atoms with Gasteiger partial charge in [-0.15, -0.1) is 0 Å². The number of piperidine rings is 1. The summed E-state index contributed by atoms with van der Waals surface area (Å²) in [4.78, 5) is 27.4. The maximum absolute atomic E-state index is 13.7. The van der Waals surface area contributed by atoms with Crippen LogP contribution in [-0.2, 0) is 6.18 Å². The van der Waals surface area contributed by atoms with E-state index in [1.54, 1.807) is 24.0 Å². The number of aryl methyl sites for hydroxylation is 1. The Morgan fingerprint density at radius 3 is 2.60 bits per heavy atom. The number of anilines is 1. The lowest BCUT2D eigenvalue weighted by Gasteiger charge is -2.36. The first-order chi connectivity index (χ1) is 16.2. The van der Waals surface area contributed by atoms with Crippen LogP contribution < -0.4 is 5.32 Å². The van der Waals surface area contributed by atoms with Crippen molar-refractivity contribution in [2.24, 2.45) is 11.8 Å². The average Bonchev–Trinajstić information content (AvgIpc) is 3.44. The molecule has 11 heteroatoms. The fourth-order valence-corrected chi connectivity index (χ4v) is 4.51. The Balaban J connectivity index is 0.00000289. The number of aromatic nitrogens is 4. The molecule has 1 saturated carbocycles. The minimum absolute atomic E-state index is 0. The Kier molecular flexibility index (Phi) is 6.52. The van der Waals surface area contributed by atoms with Crippen LogP contribution in [0.3, 0.4) is 0 Å². The van der Waals surface area contributed by atoms with Gasteiger partial charge in [-0.25, -0.2) is 15.0 Å². The van der Waals surface area contributed by atoms with Crippen LogP contribution in [0.5, 0.6) is 0 Å². The van der Waals surface area contributed by atoms with E-state index in [4.69, 9.17) is 0 Å². The van der Waals surface area contributed by atoms with Crippen LogP contribution in [0.25, 0.3) is 5.69 Å². The van der Waals surface area contributed by atoms with E-state index in [1.165, 1.54) is 23.2 Å². The van der Waals surface area contributed by atoms with Gasteiger partial charge in [0.05, 0.1) is 17.4 Å². The van der Waals surface area contributed by atoms with Gasteiger partial charge in [0.1, 0.15) is 12.1 Å². The minimum atomic E-state index is -4.45. The SMILES string of the molecule is C.Cc1ccc(-n2cnc(F)c2)c(C(=O)N2C[C@@H]3C[C@@H]3C[C@H]2CNc2ccc(C(F)(F)F)cn2)n1. The molecule has 0 unspecified atom stereocenters. The smallest absolute Gasteiger partial charge is 0.368 e. The van der Waals surface area contributed by atoms with Crippen LogP contribution in [-0.4, -0.2) is 49.5 Å². The third kappa shape index (κ3) is 5.13. The van der Waals surface area contributed by atoms with E-state index in [-0.39, 0.29) is 25.1 Å². The number of amides is 1. The Bertz CT molecular complexity index is 1210. The molecule has 0 aromatic carbocycles. The molecule has 2 aliphatic rings. The summed E-state index contributed by atoms with van der Waals surface area (Å²) in [6.07, 6.45) is 0.642. The maximum atomic E-state index is 13.7. The number of carbonyl (C=O) groups excluding carboxylic acids is 1. The number of pyridine rings is 2. The molecule has 35 heavy (non-hydrogen) atoms. The van der Waals surface area contributed by atoms with Crippen molar-refractivity contribution < 1.29 is 22.4 Å². The lowest BCUT2D eigenvalue weighted by atomic mass is 10.0. The number of hydrogen-bond acceptors (Lipinski definition) is 5. The summed E-state index contributed by atoms with van der Waals surface area (Å²) in [5.74, 6) is 0.336. The molecule has 0 spiro atoms. The summed E-state index contributed by atoms with van der Waals surface area (Å²) < 4.78 is 53.3. The highest BCUT2D eigenvalue weighted by molar-refractivity contribution is 5.96. The number of halogens is 4. The molecule has 1 amide bonds. The number of imidazole rings is 1. The molecule has 5 rings (SSSR count). The van der Waals surface area contributed by atoms with Crippen molar-refractivity contribution >= 4 is 11.7 Å². The molecule has 1 aliphatic heterocycles. The quantitative estimate of drug-likeness (QED) is 0.524. The Morgan fingerprint density at radius 1 is 1.14 bits per heavy atom. The molecule has 1 aliphatic carbocycles. The molecule has 1 N–H and O–H groups in total. The summed E-state index contributed by atoms with van der Waals surface area (Å²) in [6.45, 7) is 2.69. The number of nitrogens with zero attached hydrogens (tertiary/aromatic N) is 5. The molecular formula is C24H26F4N6O. The summed E-state index contributed by atoms with van der Waals surface area (Å²) >= 11 is 0. The van der Waals surface area contributed by atoms with Gasteiger partial charge < -0.3 is 14.8 Å². The predicted molar refractivity (Wildman–Crippen MR) is 122 cm³/mol. The standard InChI is InChI=1S/C23H22F4N6O.CH4/c1-13-2-4-18(32-11-19(24)30-12-32)21(31-13)22(34)33-10-15-6-14(15)7-17(33)9-29-20-5-3-16(8-28-20)23(25,26)27;/h2-5,8,11-12,14-15,17H,6-7,9-10H2,1H3,(H,28,29);1H4/t14-,15+,17+;/m1./s1. The lowest BCUT2D eigenvalue weighted by molar-refractivity contribution is -0.137. The second-order valence-corrected chi connectivity index (χ2v) is 8.84. The summed E-state index contributed by atoms with van der Waals surface area (Å²) in [7, 11) is 0. The van der Waals surface area contributed by atoms with E-state index in [1.807, 2.05) is 0 Å². The zero-order chi connectivity index (χ0) is 24.0. The number of nitrogens with one attached hydrogen (secondary N) is 1. The van der Waals surface area contributed by atoms with Crippen LogP contribution in [0.4, 0.5) is 23.4 Å². The van der Waals surface area contributed by atoms with E-state index >= 15 is 0 Å². The topological polar surface area (TPSA) is 75.9 Å². The molecular weight excluding hydrogens is 464 g/mol. The van der Waals surface area contributed by atoms with E-state index in [0.29, 0.717) is 42.1 Å². The Hall–Kier alpha value is -3.50. The molecule has 3 aromatic heterocycles. The van der Waals surface area contributed by atoms with Gasteiger partial charge in [0.15, 0.2) is 5.69 Å². The number of hydrogen-bond donors (Lipinski definition) is 1. The predicted octanol–water partition coefficient (Wildman–Crippen LogP) is 4.73. The zero-order valence-electron chi connectivity index (χ0n) is 18.3. The average molecular weight is 491 g/mol. The first kappa shape index (κ1) is 24.6. The first-order valence-electron chi connectivity index (χ1n) is 10.9. The van der Waals surface area contributed by atoms with Crippen LogP contribution >= 0.6 is 0 Å². The zero-order valence-corrected chi connectivity index (χ0v) is 18.3. The monoisotopic (exact) mass is 490 g/mol. The molecule has 3 aromatic rings. The van der Waals surface area contributed by atoms with Gasteiger partial charge in [-0.05, 0) is 55.9 Å². The van der Waals surface area contributed by atoms with Crippen molar-refractivity contribution in [3.63, 3.8) is 0 Å². The lowest BCUT2D eigenvalue weighted by Crippen LogP contribution is -2.48. The Labute approximate surface area is 200 Å².